The van der Waals surface area contributed by atoms with E-state index in [0.29, 0.717) is 12.6 Å². The number of nitrogens with zero attached hydrogens (tertiary/aromatic N) is 1. The zero-order valence-electron chi connectivity index (χ0n) is 7.14. The topological polar surface area (TPSA) is 35.8 Å². The Balaban J connectivity index is 2.13. The molecule has 1 rings (SSSR count). The predicted octanol–water partition coefficient (Wildman–Crippen LogP) is 1.68. The van der Waals surface area contributed by atoms with Gasteiger partial charge in [-0.25, -0.2) is 0 Å². The minimum absolute atomic E-state index is 0.513. The molecule has 0 saturated heterocycles. The van der Waals surface area contributed by atoms with Crippen LogP contribution in [0.25, 0.3) is 0 Å². The highest BCUT2D eigenvalue weighted by Gasteiger charge is 2.16. The van der Waals surface area contributed by atoms with Crippen LogP contribution in [0.5, 0.6) is 0 Å². The molecule has 1 aliphatic carbocycles. The lowest BCUT2D eigenvalue weighted by Gasteiger charge is -2.25. The lowest BCUT2D eigenvalue weighted by molar-refractivity contribution is 0.314. The first-order chi connectivity index (χ1) is 5.33. The van der Waals surface area contributed by atoms with Crippen LogP contribution >= 0.6 is 0 Å². The molecule has 0 aliphatic heterocycles. The second-order valence-corrected chi connectivity index (χ2v) is 3.50. The van der Waals surface area contributed by atoms with Gasteiger partial charge in [0.05, 0.1) is 12.6 Å². The lowest BCUT2D eigenvalue weighted by Crippen LogP contribution is -2.32. The molecule has 0 unspecified atom stereocenters. The van der Waals surface area contributed by atoms with Crippen LogP contribution in [0.15, 0.2) is 0 Å². The summed E-state index contributed by atoms with van der Waals surface area (Å²) in [5.41, 5.74) is 0. The number of rotatable bonds is 2. The fraction of sp³-hybridized carbons (Fsp3) is 0.889. The first-order valence-corrected chi connectivity index (χ1v) is 4.43. The molecule has 62 valence electrons. The Morgan fingerprint density at radius 1 is 1.36 bits per heavy atom. The summed E-state index contributed by atoms with van der Waals surface area (Å²) < 4.78 is 0. The molecule has 0 spiro atoms. The molecule has 0 aromatic rings. The second kappa shape index (κ2) is 4.35. The molecule has 1 fully saturated rings. The van der Waals surface area contributed by atoms with Crippen molar-refractivity contribution in [3.63, 3.8) is 0 Å². The van der Waals surface area contributed by atoms with Gasteiger partial charge >= 0.3 is 0 Å². The van der Waals surface area contributed by atoms with Gasteiger partial charge in [0.15, 0.2) is 0 Å². The van der Waals surface area contributed by atoms with Crippen molar-refractivity contribution in [2.75, 3.05) is 6.54 Å². The zero-order valence-corrected chi connectivity index (χ0v) is 7.14. The zero-order chi connectivity index (χ0) is 8.10. The summed E-state index contributed by atoms with van der Waals surface area (Å²) in [5, 5.41) is 11.6. The van der Waals surface area contributed by atoms with Crippen LogP contribution in [0, 0.1) is 17.2 Å². The van der Waals surface area contributed by atoms with Gasteiger partial charge in [0.25, 0.3) is 0 Å². The Morgan fingerprint density at radius 3 is 2.55 bits per heavy atom. The first-order valence-electron chi connectivity index (χ1n) is 4.43. The summed E-state index contributed by atoms with van der Waals surface area (Å²) >= 11 is 0. The standard InChI is InChI=1S/C9H16N2/c1-8-2-4-9(5-3-8)11-7-6-10/h8-9,11H,2-5,7H2,1H3. The quantitative estimate of drug-likeness (QED) is 0.611. The summed E-state index contributed by atoms with van der Waals surface area (Å²) in [6.45, 7) is 2.82. The molecule has 1 aliphatic rings. The molecule has 2 nitrogen and oxygen atoms in total. The highest BCUT2D eigenvalue weighted by Crippen LogP contribution is 2.22. The van der Waals surface area contributed by atoms with Crippen LogP contribution in [-0.2, 0) is 0 Å². The van der Waals surface area contributed by atoms with Crippen molar-refractivity contribution in [3.05, 3.63) is 0 Å². The van der Waals surface area contributed by atoms with E-state index in [1.54, 1.807) is 0 Å². The van der Waals surface area contributed by atoms with Crippen molar-refractivity contribution in [3.8, 4) is 6.07 Å². The van der Waals surface area contributed by atoms with E-state index >= 15 is 0 Å². The molecule has 0 heterocycles. The molecule has 0 aromatic carbocycles. The third-order valence-electron chi connectivity index (χ3n) is 2.49. The second-order valence-electron chi connectivity index (χ2n) is 3.50. The van der Waals surface area contributed by atoms with Crippen LogP contribution in [0.4, 0.5) is 0 Å². The van der Waals surface area contributed by atoms with Gasteiger partial charge in [-0.05, 0) is 31.6 Å². The average Bonchev–Trinajstić information content (AvgIpc) is 2.04. The van der Waals surface area contributed by atoms with Crippen LogP contribution in [0.1, 0.15) is 32.6 Å². The Labute approximate surface area is 68.6 Å². The van der Waals surface area contributed by atoms with Gasteiger partial charge in [-0.15, -0.1) is 0 Å². The Hall–Kier alpha value is -0.550. The van der Waals surface area contributed by atoms with Gasteiger partial charge in [-0.2, -0.15) is 5.26 Å². The SMILES string of the molecule is CC1CCC(NCC#N)CC1. The average molecular weight is 152 g/mol. The van der Waals surface area contributed by atoms with Gasteiger partial charge in [0, 0.05) is 6.04 Å². The van der Waals surface area contributed by atoms with Crippen molar-refractivity contribution in [2.45, 2.75) is 38.6 Å². The van der Waals surface area contributed by atoms with E-state index in [9.17, 15) is 0 Å². The van der Waals surface area contributed by atoms with E-state index in [1.807, 2.05) is 0 Å². The van der Waals surface area contributed by atoms with Crippen molar-refractivity contribution in [1.82, 2.24) is 5.32 Å². The van der Waals surface area contributed by atoms with E-state index < -0.39 is 0 Å². The number of nitriles is 1. The maximum Gasteiger partial charge on any atom is 0.0843 e. The number of nitrogens with one attached hydrogen (secondary N) is 1. The summed E-state index contributed by atoms with van der Waals surface area (Å²) in [6, 6.07) is 2.73. The van der Waals surface area contributed by atoms with Crippen molar-refractivity contribution >= 4 is 0 Å². The van der Waals surface area contributed by atoms with Crippen LogP contribution in [-0.4, -0.2) is 12.6 Å². The fourth-order valence-electron chi connectivity index (χ4n) is 1.65. The fourth-order valence-corrected chi connectivity index (χ4v) is 1.65. The molecule has 0 radical (unpaired) electrons. The molecule has 0 atom stereocenters. The molecule has 1 N–H and O–H groups in total. The highest BCUT2D eigenvalue weighted by molar-refractivity contribution is 4.80. The van der Waals surface area contributed by atoms with E-state index in [-0.39, 0.29) is 0 Å². The van der Waals surface area contributed by atoms with E-state index in [0.717, 1.165) is 5.92 Å². The molecule has 2 heteroatoms. The summed E-state index contributed by atoms with van der Waals surface area (Å²) in [6.07, 6.45) is 5.15. The molecular formula is C9H16N2. The van der Waals surface area contributed by atoms with Crippen molar-refractivity contribution in [2.24, 2.45) is 5.92 Å². The Morgan fingerprint density at radius 2 is 2.00 bits per heavy atom. The summed E-state index contributed by atoms with van der Waals surface area (Å²) in [5.74, 6) is 0.898. The van der Waals surface area contributed by atoms with Gasteiger partial charge in [0.2, 0.25) is 0 Å². The molecule has 0 amide bonds. The maximum absolute atomic E-state index is 8.34. The van der Waals surface area contributed by atoms with E-state index in [1.165, 1.54) is 25.7 Å². The molecular weight excluding hydrogens is 136 g/mol. The van der Waals surface area contributed by atoms with Crippen LogP contribution in [0.2, 0.25) is 0 Å². The van der Waals surface area contributed by atoms with E-state index in [2.05, 4.69) is 18.3 Å². The molecule has 0 bridgehead atoms. The smallest absolute Gasteiger partial charge is 0.0843 e. The van der Waals surface area contributed by atoms with Gasteiger partial charge < -0.3 is 5.32 Å². The van der Waals surface area contributed by atoms with Gasteiger partial charge in [0.1, 0.15) is 0 Å². The monoisotopic (exact) mass is 152 g/mol. The third-order valence-corrected chi connectivity index (χ3v) is 2.49. The molecule has 11 heavy (non-hydrogen) atoms. The lowest BCUT2D eigenvalue weighted by atomic mass is 9.87. The van der Waals surface area contributed by atoms with Crippen molar-refractivity contribution < 1.29 is 0 Å². The predicted molar refractivity (Wildman–Crippen MR) is 45.0 cm³/mol. The van der Waals surface area contributed by atoms with Crippen molar-refractivity contribution in [1.29, 1.82) is 5.26 Å². The highest BCUT2D eigenvalue weighted by atomic mass is 14.9. The Bertz CT molecular complexity index is 140. The number of hydrogen-bond acceptors (Lipinski definition) is 2. The minimum atomic E-state index is 0.513. The normalized spacial score (nSPS) is 31.3. The van der Waals surface area contributed by atoms with Gasteiger partial charge in [-0.3, -0.25) is 0 Å². The Kier molecular flexibility index (Phi) is 3.38. The number of hydrogen-bond donors (Lipinski definition) is 1. The molecule has 1 saturated carbocycles. The third kappa shape index (κ3) is 2.90. The first kappa shape index (κ1) is 8.55. The largest absolute Gasteiger partial charge is 0.302 e. The van der Waals surface area contributed by atoms with E-state index in [4.69, 9.17) is 5.26 Å². The molecule has 0 aromatic heterocycles. The summed E-state index contributed by atoms with van der Waals surface area (Å²) in [4.78, 5) is 0. The van der Waals surface area contributed by atoms with Gasteiger partial charge in [-0.1, -0.05) is 6.92 Å². The van der Waals surface area contributed by atoms with Crippen LogP contribution in [0.3, 0.4) is 0 Å². The maximum atomic E-state index is 8.34. The minimum Gasteiger partial charge on any atom is -0.302 e. The summed E-state index contributed by atoms with van der Waals surface area (Å²) in [7, 11) is 0. The van der Waals surface area contributed by atoms with Crippen LogP contribution < -0.4 is 5.32 Å².